The van der Waals surface area contributed by atoms with Gasteiger partial charge in [0.15, 0.2) is 11.5 Å². The van der Waals surface area contributed by atoms with Crippen LogP contribution in [0, 0.1) is 13.8 Å². The number of halogens is 1. The lowest BCUT2D eigenvalue weighted by atomic mass is 9.99. The first-order valence-electron chi connectivity index (χ1n) is 8.39. The van der Waals surface area contributed by atoms with Gasteiger partial charge in [-0.2, -0.15) is 0 Å². The molecule has 3 heterocycles. The highest BCUT2D eigenvalue weighted by Gasteiger charge is 2.22. The fourth-order valence-electron chi connectivity index (χ4n) is 3.12. The van der Waals surface area contributed by atoms with E-state index in [-0.39, 0.29) is 6.04 Å². The first-order chi connectivity index (χ1) is 12.6. The summed E-state index contributed by atoms with van der Waals surface area (Å²) in [6.45, 7) is 4.76. The van der Waals surface area contributed by atoms with Crippen molar-refractivity contribution in [3.8, 4) is 0 Å². The van der Waals surface area contributed by atoms with Crippen LogP contribution in [0.5, 0.6) is 0 Å². The number of nitrogens with one attached hydrogen (secondary N) is 1. The summed E-state index contributed by atoms with van der Waals surface area (Å²) >= 11 is 3.55. The molecule has 1 aliphatic rings. The van der Waals surface area contributed by atoms with Gasteiger partial charge in [0.1, 0.15) is 5.52 Å². The Bertz CT molecular complexity index is 1000. The fourth-order valence-corrected chi connectivity index (χ4v) is 3.60. The highest BCUT2D eigenvalue weighted by atomic mass is 79.9. The molecule has 0 saturated carbocycles. The SMILES string of the molecule is Cc1ccc(C[C@@H]2CONC(c3c(Br)cnc4nccnc34)=N2)c(C)c1. The third-order valence-electron chi connectivity index (χ3n) is 4.40. The first-order valence-corrected chi connectivity index (χ1v) is 9.18. The van der Waals surface area contributed by atoms with E-state index in [1.807, 2.05) is 0 Å². The van der Waals surface area contributed by atoms with Crippen LogP contribution >= 0.6 is 15.9 Å². The van der Waals surface area contributed by atoms with Crippen LogP contribution in [0.4, 0.5) is 0 Å². The van der Waals surface area contributed by atoms with Crippen LogP contribution in [0.25, 0.3) is 11.2 Å². The maximum absolute atomic E-state index is 5.62. The van der Waals surface area contributed by atoms with Gasteiger partial charge in [0.05, 0.1) is 18.2 Å². The molecule has 1 aliphatic heterocycles. The number of aliphatic imine (C=N–C) groups is 1. The molecule has 0 aliphatic carbocycles. The van der Waals surface area contributed by atoms with Gasteiger partial charge in [-0.1, -0.05) is 23.8 Å². The van der Waals surface area contributed by atoms with Crippen LogP contribution in [0.1, 0.15) is 22.3 Å². The highest BCUT2D eigenvalue weighted by molar-refractivity contribution is 9.10. The second-order valence-electron chi connectivity index (χ2n) is 6.39. The molecule has 6 nitrogen and oxygen atoms in total. The second-order valence-corrected chi connectivity index (χ2v) is 7.24. The first kappa shape index (κ1) is 17.1. The Morgan fingerprint density at radius 3 is 2.88 bits per heavy atom. The predicted octanol–water partition coefficient (Wildman–Crippen LogP) is 3.30. The number of aromatic nitrogens is 3. The zero-order chi connectivity index (χ0) is 18.1. The van der Waals surface area contributed by atoms with E-state index in [1.165, 1.54) is 16.7 Å². The van der Waals surface area contributed by atoms with E-state index in [2.05, 4.69) is 68.4 Å². The van der Waals surface area contributed by atoms with E-state index in [0.29, 0.717) is 23.6 Å². The number of hydroxylamine groups is 1. The van der Waals surface area contributed by atoms with Crippen LogP contribution in [-0.4, -0.2) is 33.4 Å². The zero-order valence-electron chi connectivity index (χ0n) is 14.5. The molecule has 0 amide bonds. The molecule has 1 atom stereocenters. The van der Waals surface area contributed by atoms with Crippen molar-refractivity contribution in [2.45, 2.75) is 26.3 Å². The molecule has 26 heavy (non-hydrogen) atoms. The molecule has 1 aromatic carbocycles. The third kappa shape index (κ3) is 3.32. The van der Waals surface area contributed by atoms with Crippen molar-refractivity contribution in [2.75, 3.05) is 6.61 Å². The van der Waals surface area contributed by atoms with E-state index in [9.17, 15) is 0 Å². The number of benzene rings is 1. The molecule has 1 N–H and O–H groups in total. The zero-order valence-corrected chi connectivity index (χ0v) is 16.1. The maximum Gasteiger partial charge on any atom is 0.178 e. The molecule has 2 aromatic heterocycles. The van der Waals surface area contributed by atoms with Crippen molar-refractivity contribution in [1.82, 2.24) is 20.4 Å². The number of hydrogen-bond acceptors (Lipinski definition) is 6. The van der Waals surface area contributed by atoms with Crippen LogP contribution in [0.15, 0.2) is 46.3 Å². The number of pyridine rings is 1. The van der Waals surface area contributed by atoms with Crippen molar-refractivity contribution in [3.63, 3.8) is 0 Å². The van der Waals surface area contributed by atoms with E-state index >= 15 is 0 Å². The Kier molecular flexibility index (Phi) is 4.65. The van der Waals surface area contributed by atoms with Crippen molar-refractivity contribution < 1.29 is 4.84 Å². The summed E-state index contributed by atoms with van der Waals surface area (Å²) in [5.41, 5.74) is 8.84. The van der Waals surface area contributed by atoms with Gasteiger partial charge >= 0.3 is 0 Å². The minimum Gasteiger partial charge on any atom is -0.272 e. The topological polar surface area (TPSA) is 72.3 Å². The molecule has 3 aromatic rings. The monoisotopic (exact) mass is 411 g/mol. The molecule has 0 unspecified atom stereocenters. The predicted molar refractivity (Wildman–Crippen MR) is 104 cm³/mol. The Morgan fingerprint density at radius 1 is 1.19 bits per heavy atom. The minimum atomic E-state index is 0.0273. The maximum atomic E-state index is 5.62. The van der Waals surface area contributed by atoms with Gasteiger partial charge in [-0.15, -0.1) is 0 Å². The summed E-state index contributed by atoms with van der Waals surface area (Å²) in [5, 5.41) is 0. The fraction of sp³-hybridized carbons (Fsp3) is 0.263. The van der Waals surface area contributed by atoms with Gasteiger partial charge in [-0.25, -0.2) is 15.4 Å². The van der Waals surface area contributed by atoms with E-state index in [1.54, 1.807) is 18.6 Å². The van der Waals surface area contributed by atoms with Crippen LogP contribution < -0.4 is 5.48 Å². The van der Waals surface area contributed by atoms with E-state index in [0.717, 1.165) is 16.5 Å². The summed E-state index contributed by atoms with van der Waals surface area (Å²) in [4.78, 5) is 23.5. The highest BCUT2D eigenvalue weighted by Crippen LogP contribution is 2.24. The molecule has 0 saturated heterocycles. The normalized spacial score (nSPS) is 17.0. The van der Waals surface area contributed by atoms with Crippen molar-refractivity contribution >= 4 is 32.9 Å². The number of hydrogen-bond donors (Lipinski definition) is 1. The number of fused-ring (bicyclic) bond motifs is 1. The summed E-state index contributed by atoms with van der Waals surface area (Å²) in [5.74, 6) is 0.644. The van der Waals surface area contributed by atoms with Crippen molar-refractivity contribution in [1.29, 1.82) is 0 Å². The largest absolute Gasteiger partial charge is 0.272 e. The van der Waals surface area contributed by atoms with Gasteiger partial charge < -0.3 is 0 Å². The standard InChI is InChI=1S/C19H18BrN5O/c1-11-3-4-13(12(2)7-11)8-14-10-26-25-18(24-14)16-15(20)9-23-19-17(16)21-5-6-22-19/h3-7,9,14H,8,10H2,1-2H3,(H,24,25)/t14-/m1/s1. The average molecular weight is 412 g/mol. The molecule has 4 rings (SSSR count). The molecule has 0 radical (unpaired) electrons. The lowest BCUT2D eigenvalue weighted by Gasteiger charge is -2.23. The number of rotatable bonds is 3. The molecule has 7 heteroatoms. The Labute approximate surface area is 159 Å². The van der Waals surface area contributed by atoms with Gasteiger partial charge in [0.2, 0.25) is 0 Å². The lowest BCUT2D eigenvalue weighted by Crippen LogP contribution is -2.37. The molecular formula is C19H18BrN5O. The summed E-state index contributed by atoms with van der Waals surface area (Å²) in [6, 6.07) is 6.53. The summed E-state index contributed by atoms with van der Waals surface area (Å²) < 4.78 is 0.799. The molecular weight excluding hydrogens is 394 g/mol. The van der Waals surface area contributed by atoms with Crippen LogP contribution in [-0.2, 0) is 11.3 Å². The van der Waals surface area contributed by atoms with Gasteiger partial charge in [0, 0.05) is 23.1 Å². The number of amidine groups is 1. The Hall–Kier alpha value is -2.38. The molecule has 0 bridgehead atoms. The lowest BCUT2D eigenvalue weighted by molar-refractivity contribution is 0.0624. The molecule has 0 fully saturated rings. The van der Waals surface area contributed by atoms with Gasteiger partial charge in [-0.3, -0.25) is 14.8 Å². The smallest absolute Gasteiger partial charge is 0.178 e. The number of aryl methyl sites for hydroxylation is 2. The summed E-state index contributed by atoms with van der Waals surface area (Å²) in [6.07, 6.45) is 5.81. The van der Waals surface area contributed by atoms with Gasteiger partial charge in [0.25, 0.3) is 0 Å². The Morgan fingerprint density at radius 2 is 2.04 bits per heavy atom. The Balaban J connectivity index is 1.70. The van der Waals surface area contributed by atoms with E-state index in [4.69, 9.17) is 9.83 Å². The van der Waals surface area contributed by atoms with E-state index < -0.39 is 0 Å². The van der Waals surface area contributed by atoms with Crippen molar-refractivity contribution in [3.05, 3.63) is 63.5 Å². The quantitative estimate of drug-likeness (QED) is 0.715. The summed E-state index contributed by atoms with van der Waals surface area (Å²) in [7, 11) is 0. The molecule has 132 valence electrons. The number of nitrogens with zero attached hydrogens (tertiary/aromatic N) is 4. The van der Waals surface area contributed by atoms with Gasteiger partial charge in [-0.05, 0) is 47.3 Å². The minimum absolute atomic E-state index is 0.0273. The van der Waals surface area contributed by atoms with Crippen LogP contribution in [0.2, 0.25) is 0 Å². The second kappa shape index (κ2) is 7.09. The third-order valence-corrected chi connectivity index (χ3v) is 5.00. The average Bonchev–Trinajstić information content (AvgIpc) is 2.64. The van der Waals surface area contributed by atoms with Crippen LogP contribution in [0.3, 0.4) is 0 Å². The van der Waals surface area contributed by atoms with Crippen molar-refractivity contribution in [2.24, 2.45) is 4.99 Å². The molecule has 0 spiro atoms.